The van der Waals surface area contributed by atoms with E-state index in [1.54, 1.807) is 12.1 Å². The molecule has 0 aliphatic heterocycles. The minimum Gasteiger partial charge on any atom is -0.598 e. The zero-order valence-corrected chi connectivity index (χ0v) is 10.8. The number of halogens is 1. The molecule has 1 heterocycles. The molecule has 0 aliphatic carbocycles. The Labute approximate surface area is 98.8 Å². The van der Waals surface area contributed by atoms with Crippen LogP contribution in [0.25, 0.3) is 0 Å². The van der Waals surface area contributed by atoms with Gasteiger partial charge in [-0.15, -0.1) is 4.72 Å². The molecule has 1 rings (SSSR count). The van der Waals surface area contributed by atoms with Crippen LogP contribution in [0.15, 0.2) is 18.2 Å². The Hall–Kier alpha value is -0.650. The van der Waals surface area contributed by atoms with Gasteiger partial charge in [0.15, 0.2) is 0 Å². The second kappa shape index (κ2) is 5.12. The smallest absolute Gasteiger partial charge is 0.213 e. The van der Waals surface area contributed by atoms with E-state index in [0.717, 1.165) is 0 Å². The molecule has 0 radical (unpaired) electrons. The number of hydrogen-bond donors (Lipinski definition) is 1. The highest BCUT2D eigenvalue weighted by Gasteiger charge is 2.28. The van der Waals surface area contributed by atoms with Crippen molar-refractivity contribution in [3.05, 3.63) is 29.8 Å². The van der Waals surface area contributed by atoms with E-state index in [1.165, 1.54) is 6.07 Å². The van der Waals surface area contributed by atoms with Crippen molar-refractivity contribution in [1.82, 2.24) is 9.71 Å². The van der Waals surface area contributed by atoms with Gasteiger partial charge in [-0.1, -0.05) is 6.07 Å². The van der Waals surface area contributed by atoms with Gasteiger partial charge in [0.25, 0.3) is 0 Å². The molecule has 1 aromatic rings. The van der Waals surface area contributed by atoms with Gasteiger partial charge in [0.1, 0.15) is 4.75 Å². The summed E-state index contributed by atoms with van der Waals surface area (Å²) >= 11 is -1.19. The molecule has 0 aromatic carbocycles. The molecule has 90 valence electrons. The Bertz CT molecular complexity index is 354. The number of hydrogen-bond acceptors (Lipinski definition) is 3. The van der Waals surface area contributed by atoms with E-state index < -0.39 is 17.3 Å². The van der Waals surface area contributed by atoms with Crippen molar-refractivity contribution in [3.8, 4) is 0 Å². The van der Waals surface area contributed by atoms with Crippen LogP contribution < -0.4 is 4.72 Å². The van der Waals surface area contributed by atoms with E-state index in [0.29, 0.717) is 5.69 Å². The first-order chi connectivity index (χ1) is 7.30. The lowest BCUT2D eigenvalue weighted by atomic mass is 10.2. The van der Waals surface area contributed by atoms with Crippen molar-refractivity contribution in [2.24, 2.45) is 0 Å². The summed E-state index contributed by atoms with van der Waals surface area (Å²) in [5, 5.41) is 0. The van der Waals surface area contributed by atoms with Crippen molar-refractivity contribution in [1.29, 1.82) is 0 Å². The van der Waals surface area contributed by atoms with Gasteiger partial charge < -0.3 is 4.55 Å². The van der Waals surface area contributed by atoms with E-state index in [-0.39, 0.29) is 10.8 Å². The Kier molecular flexibility index (Phi) is 4.29. The third-order valence-electron chi connectivity index (χ3n) is 2.02. The van der Waals surface area contributed by atoms with Gasteiger partial charge in [0.05, 0.1) is 11.7 Å². The van der Waals surface area contributed by atoms with E-state index in [9.17, 15) is 8.94 Å². The third kappa shape index (κ3) is 3.73. The first kappa shape index (κ1) is 13.4. The predicted octanol–water partition coefficient (Wildman–Crippen LogP) is 2.33. The SMILES string of the molecule is C[C@H](N[S+]([O-])C(C)(C)C)c1cccc(F)n1. The topological polar surface area (TPSA) is 48.0 Å². The molecule has 2 atom stereocenters. The average Bonchev–Trinajstić information content (AvgIpc) is 2.16. The van der Waals surface area contributed by atoms with Crippen molar-refractivity contribution < 1.29 is 8.94 Å². The van der Waals surface area contributed by atoms with Crippen LogP contribution >= 0.6 is 0 Å². The largest absolute Gasteiger partial charge is 0.598 e. The fraction of sp³-hybridized carbons (Fsp3) is 0.545. The summed E-state index contributed by atoms with van der Waals surface area (Å²) < 4.78 is 27.3. The summed E-state index contributed by atoms with van der Waals surface area (Å²) in [4.78, 5) is 3.74. The van der Waals surface area contributed by atoms with Gasteiger partial charge in [0, 0.05) is 11.4 Å². The maximum Gasteiger partial charge on any atom is 0.213 e. The van der Waals surface area contributed by atoms with Crippen LogP contribution in [-0.2, 0) is 11.4 Å². The summed E-state index contributed by atoms with van der Waals surface area (Å²) in [5.74, 6) is -0.521. The second-order valence-corrected chi connectivity index (χ2v) is 6.60. The molecule has 0 amide bonds. The number of rotatable bonds is 3. The van der Waals surface area contributed by atoms with Crippen molar-refractivity contribution in [3.63, 3.8) is 0 Å². The van der Waals surface area contributed by atoms with Crippen LogP contribution in [0, 0.1) is 5.95 Å². The summed E-state index contributed by atoms with van der Waals surface area (Å²) in [5.41, 5.74) is 0.553. The quantitative estimate of drug-likeness (QED) is 0.655. The Morgan fingerprint density at radius 2 is 2.06 bits per heavy atom. The Morgan fingerprint density at radius 1 is 1.44 bits per heavy atom. The van der Waals surface area contributed by atoms with Crippen molar-refractivity contribution in [2.75, 3.05) is 0 Å². The molecule has 1 unspecified atom stereocenters. The zero-order chi connectivity index (χ0) is 12.3. The fourth-order valence-electron chi connectivity index (χ4n) is 1.06. The molecule has 0 aliphatic rings. The second-order valence-electron chi connectivity index (χ2n) is 4.61. The normalized spacial score (nSPS) is 15.9. The minimum atomic E-state index is -1.19. The minimum absolute atomic E-state index is 0.240. The molecule has 0 saturated heterocycles. The van der Waals surface area contributed by atoms with Crippen molar-refractivity contribution in [2.45, 2.75) is 38.5 Å². The van der Waals surface area contributed by atoms with Crippen LogP contribution in [0.5, 0.6) is 0 Å². The van der Waals surface area contributed by atoms with Crippen LogP contribution in [0.2, 0.25) is 0 Å². The number of aromatic nitrogens is 1. The summed E-state index contributed by atoms with van der Waals surface area (Å²) in [6.45, 7) is 7.44. The molecule has 16 heavy (non-hydrogen) atoms. The first-order valence-electron chi connectivity index (χ1n) is 5.11. The molecule has 1 N–H and O–H groups in total. The molecule has 0 spiro atoms. The maximum absolute atomic E-state index is 12.9. The predicted molar refractivity (Wildman–Crippen MR) is 63.6 cm³/mol. The van der Waals surface area contributed by atoms with Gasteiger partial charge in [0.2, 0.25) is 5.95 Å². The molecular weight excluding hydrogens is 227 g/mol. The third-order valence-corrected chi connectivity index (χ3v) is 3.70. The Morgan fingerprint density at radius 3 is 2.56 bits per heavy atom. The maximum atomic E-state index is 12.9. The van der Waals surface area contributed by atoms with E-state index in [2.05, 4.69) is 9.71 Å². The molecule has 0 bridgehead atoms. The fourth-order valence-corrected chi connectivity index (χ4v) is 1.86. The lowest BCUT2D eigenvalue weighted by Gasteiger charge is -2.26. The molecule has 1 aromatic heterocycles. The standard InChI is InChI=1S/C11H17FN2OS/c1-8(14-16(15)11(2,3)4)9-6-5-7-10(12)13-9/h5-8,14H,1-4H3/t8-,16?/m0/s1. The molecule has 3 nitrogen and oxygen atoms in total. The average molecular weight is 244 g/mol. The Balaban J connectivity index is 2.69. The number of nitrogens with zero attached hydrogens (tertiary/aromatic N) is 1. The molecule has 5 heteroatoms. The van der Waals surface area contributed by atoms with Gasteiger partial charge in [-0.2, -0.15) is 4.39 Å². The monoisotopic (exact) mass is 244 g/mol. The van der Waals surface area contributed by atoms with Crippen molar-refractivity contribution >= 4 is 11.4 Å². The number of nitrogens with one attached hydrogen (secondary N) is 1. The van der Waals surface area contributed by atoms with Crippen LogP contribution in [-0.4, -0.2) is 14.3 Å². The van der Waals surface area contributed by atoms with Crippen LogP contribution in [0.3, 0.4) is 0 Å². The van der Waals surface area contributed by atoms with Gasteiger partial charge in [-0.05, 0) is 39.8 Å². The van der Waals surface area contributed by atoms with Gasteiger partial charge in [-0.25, -0.2) is 4.98 Å². The van der Waals surface area contributed by atoms with Gasteiger partial charge in [-0.3, -0.25) is 0 Å². The summed E-state index contributed by atoms with van der Waals surface area (Å²) in [6, 6.07) is 4.35. The van der Waals surface area contributed by atoms with E-state index >= 15 is 0 Å². The highest BCUT2D eigenvalue weighted by atomic mass is 32.2. The van der Waals surface area contributed by atoms with Crippen LogP contribution in [0.4, 0.5) is 4.39 Å². The highest BCUT2D eigenvalue weighted by molar-refractivity contribution is 7.90. The summed E-state index contributed by atoms with van der Waals surface area (Å²) in [7, 11) is 0. The zero-order valence-electron chi connectivity index (χ0n) is 9.95. The molecule has 0 saturated carbocycles. The van der Waals surface area contributed by atoms with E-state index in [4.69, 9.17) is 0 Å². The highest BCUT2D eigenvalue weighted by Crippen LogP contribution is 2.18. The first-order valence-corrected chi connectivity index (χ1v) is 6.26. The van der Waals surface area contributed by atoms with E-state index in [1.807, 2.05) is 27.7 Å². The number of pyridine rings is 1. The molecular formula is C11H17FN2OS. The molecule has 0 fully saturated rings. The van der Waals surface area contributed by atoms with Gasteiger partial charge >= 0.3 is 0 Å². The summed E-state index contributed by atoms with van der Waals surface area (Å²) in [6.07, 6.45) is 0. The lowest BCUT2D eigenvalue weighted by molar-refractivity contribution is 0.522. The lowest BCUT2D eigenvalue weighted by Crippen LogP contribution is -2.40. The van der Waals surface area contributed by atoms with Crippen LogP contribution in [0.1, 0.15) is 39.4 Å².